The van der Waals surface area contributed by atoms with Crippen molar-refractivity contribution in [2.75, 3.05) is 25.1 Å². The molecule has 0 radical (unpaired) electrons. The van der Waals surface area contributed by atoms with Crippen molar-refractivity contribution >= 4 is 55.1 Å². The number of hydrogen-bond acceptors (Lipinski definition) is 6. The molecule has 0 unspecified atom stereocenters. The quantitative estimate of drug-likeness (QED) is 0.142. The van der Waals surface area contributed by atoms with Crippen molar-refractivity contribution in [2.24, 2.45) is 0 Å². The van der Waals surface area contributed by atoms with Crippen LogP contribution in [0.2, 0.25) is 5.02 Å². The number of nitrogens with one attached hydrogen (secondary N) is 1. The van der Waals surface area contributed by atoms with Gasteiger partial charge in [-0.2, -0.15) is 0 Å². The summed E-state index contributed by atoms with van der Waals surface area (Å²) in [5.74, 6) is -0.352. The van der Waals surface area contributed by atoms with E-state index in [-0.39, 0.29) is 41.2 Å². The second-order valence-corrected chi connectivity index (χ2v) is 14.4. The largest absolute Gasteiger partial charge is 0.493 e. The molecule has 0 heterocycles. The molecule has 0 fully saturated rings. The van der Waals surface area contributed by atoms with Crippen molar-refractivity contribution in [2.45, 2.75) is 50.2 Å². The molecule has 9 nitrogen and oxygen atoms in total. The molecular weight excluding hydrogens is 718 g/mol. The van der Waals surface area contributed by atoms with Crippen molar-refractivity contribution in [1.82, 2.24) is 10.2 Å². The number of rotatable bonds is 15. The number of nitrogens with zero attached hydrogens (tertiary/aromatic N) is 2. The Bertz CT molecular complexity index is 1810. The molecule has 48 heavy (non-hydrogen) atoms. The molecule has 0 aliphatic carbocycles. The minimum absolute atomic E-state index is 0.0502. The van der Waals surface area contributed by atoms with Crippen molar-refractivity contribution in [1.29, 1.82) is 0 Å². The predicted molar refractivity (Wildman–Crippen MR) is 192 cm³/mol. The molecule has 4 aromatic carbocycles. The van der Waals surface area contributed by atoms with Crippen LogP contribution in [0.25, 0.3) is 0 Å². The Morgan fingerprint density at radius 1 is 0.875 bits per heavy atom. The lowest BCUT2D eigenvalue weighted by molar-refractivity contribution is -0.140. The first-order valence-electron chi connectivity index (χ1n) is 15.3. The number of hydrogen-bond donors (Lipinski definition) is 1. The SMILES string of the molecule is CC[C@@H](C)NC(=O)[C@@H](Cc1ccccc1)N(Cc1cccc(Br)c1)C(=O)CN(c1ccc(Cl)cc1)S(=O)(=O)c1ccc(OC)c(OC)c1. The fourth-order valence-electron chi connectivity index (χ4n) is 5.07. The van der Waals surface area contributed by atoms with Gasteiger partial charge in [-0.15, -0.1) is 0 Å². The number of methoxy groups -OCH3 is 2. The zero-order chi connectivity index (χ0) is 34.8. The summed E-state index contributed by atoms with van der Waals surface area (Å²) in [6.07, 6.45) is 0.906. The fraction of sp³-hybridized carbons (Fsp3) is 0.278. The predicted octanol–water partition coefficient (Wildman–Crippen LogP) is 6.87. The first-order valence-corrected chi connectivity index (χ1v) is 18.0. The van der Waals surface area contributed by atoms with Crippen molar-refractivity contribution < 1.29 is 27.5 Å². The summed E-state index contributed by atoms with van der Waals surface area (Å²) in [5, 5.41) is 3.44. The Morgan fingerprint density at radius 2 is 1.54 bits per heavy atom. The molecule has 0 saturated heterocycles. The normalized spacial score (nSPS) is 12.5. The maximum Gasteiger partial charge on any atom is 0.264 e. The third kappa shape index (κ3) is 9.30. The number of benzene rings is 4. The van der Waals surface area contributed by atoms with Crippen LogP contribution >= 0.6 is 27.5 Å². The summed E-state index contributed by atoms with van der Waals surface area (Å²) in [6, 6.07) is 26.1. The number of carbonyl (C=O) groups excluding carboxylic acids is 2. The highest BCUT2D eigenvalue weighted by Crippen LogP contribution is 2.33. The van der Waals surface area contributed by atoms with E-state index in [9.17, 15) is 18.0 Å². The lowest BCUT2D eigenvalue weighted by Gasteiger charge is -2.34. The molecule has 0 bridgehead atoms. The fourth-order valence-corrected chi connectivity index (χ4v) is 7.07. The number of halogens is 2. The molecule has 4 rings (SSSR count). The number of carbonyl (C=O) groups is 2. The highest BCUT2D eigenvalue weighted by molar-refractivity contribution is 9.10. The maximum absolute atomic E-state index is 14.6. The molecule has 0 saturated carbocycles. The smallest absolute Gasteiger partial charge is 0.264 e. The highest BCUT2D eigenvalue weighted by Gasteiger charge is 2.35. The molecule has 12 heteroatoms. The summed E-state index contributed by atoms with van der Waals surface area (Å²) < 4.78 is 41.2. The third-order valence-electron chi connectivity index (χ3n) is 7.85. The Labute approximate surface area is 296 Å². The van der Waals surface area contributed by atoms with Crippen LogP contribution in [0.3, 0.4) is 0 Å². The topological polar surface area (TPSA) is 105 Å². The van der Waals surface area contributed by atoms with E-state index in [1.54, 1.807) is 12.1 Å². The van der Waals surface area contributed by atoms with Gasteiger partial charge in [-0.25, -0.2) is 8.42 Å². The van der Waals surface area contributed by atoms with E-state index >= 15 is 0 Å². The van der Waals surface area contributed by atoms with Gasteiger partial charge in [-0.1, -0.05) is 76.9 Å². The molecule has 0 aliphatic heterocycles. The van der Waals surface area contributed by atoms with Crippen LogP contribution in [0, 0.1) is 0 Å². The van der Waals surface area contributed by atoms with Gasteiger partial charge in [0, 0.05) is 34.6 Å². The first-order chi connectivity index (χ1) is 23.0. The van der Waals surface area contributed by atoms with Gasteiger partial charge >= 0.3 is 0 Å². The van der Waals surface area contributed by atoms with E-state index < -0.39 is 28.5 Å². The van der Waals surface area contributed by atoms with Crippen LogP contribution in [-0.2, 0) is 32.6 Å². The second kappa shape index (κ2) is 16.9. The minimum atomic E-state index is -4.36. The lowest BCUT2D eigenvalue weighted by Crippen LogP contribution is -2.54. The van der Waals surface area contributed by atoms with Gasteiger partial charge in [0.05, 0.1) is 24.8 Å². The van der Waals surface area contributed by atoms with Crippen molar-refractivity contribution in [3.8, 4) is 11.5 Å². The van der Waals surface area contributed by atoms with Gasteiger partial charge in [0.2, 0.25) is 11.8 Å². The molecule has 1 N–H and O–H groups in total. The van der Waals surface area contributed by atoms with Crippen LogP contribution in [0.15, 0.2) is 106 Å². The van der Waals surface area contributed by atoms with Crippen LogP contribution in [0.4, 0.5) is 5.69 Å². The second-order valence-electron chi connectivity index (χ2n) is 11.2. The summed E-state index contributed by atoms with van der Waals surface area (Å²) in [7, 11) is -1.50. The van der Waals surface area contributed by atoms with E-state index in [1.807, 2.05) is 68.4 Å². The molecule has 2 atom stereocenters. The number of amides is 2. The number of anilines is 1. The van der Waals surface area contributed by atoms with Crippen LogP contribution < -0.4 is 19.1 Å². The lowest BCUT2D eigenvalue weighted by atomic mass is 10.0. The van der Waals surface area contributed by atoms with Crippen molar-refractivity contribution in [3.05, 3.63) is 118 Å². The van der Waals surface area contributed by atoms with Gasteiger partial charge in [-0.3, -0.25) is 13.9 Å². The summed E-state index contributed by atoms with van der Waals surface area (Å²) in [4.78, 5) is 30.0. The van der Waals surface area contributed by atoms with Gasteiger partial charge in [0.25, 0.3) is 10.0 Å². The van der Waals surface area contributed by atoms with Gasteiger partial charge in [0.1, 0.15) is 12.6 Å². The van der Waals surface area contributed by atoms with E-state index in [0.29, 0.717) is 17.2 Å². The Morgan fingerprint density at radius 3 is 2.17 bits per heavy atom. The molecule has 0 aliphatic rings. The molecule has 254 valence electrons. The number of ether oxygens (including phenoxy) is 2. The molecule has 4 aromatic rings. The zero-order valence-electron chi connectivity index (χ0n) is 27.2. The Balaban J connectivity index is 1.83. The van der Waals surface area contributed by atoms with E-state index in [2.05, 4.69) is 21.2 Å². The van der Waals surface area contributed by atoms with E-state index in [1.165, 1.54) is 49.5 Å². The summed E-state index contributed by atoms with van der Waals surface area (Å²) in [6.45, 7) is 3.31. The van der Waals surface area contributed by atoms with Crippen LogP contribution in [-0.4, -0.2) is 58.0 Å². The monoisotopic (exact) mass is 755 g/mol. The molecule has 0 aromatic heterocycles. The third-order valence-corrected chi connectivity index (χ3v) is 10.4. The summed E-state index contributed by atoms with van der Waals surface area (Å²) >= 11 is 9.67. The maximum atomic E-state index is 14.6. The average Bonchev–Trinajstić information content (AvgIpc) is 3.09. The minimum Gasteiger partial charge on any atom is -0.493 e. The Hall–Kier alpha value is -4.06. The van der Waals surface area contributed by atoms with Gasteiger partial charge in [0.15, 0.2) is 11.5 Å². The first kappa shape index (κ1) is 36.8. The van der Waals surface area contributed by atoms with Crippen LogP contribution in [0.5, 0.6) is 11.5 Å². The highest BCUT2D eigenvalue weighted by atomic mass is 79.9. The standard InChI is InChI=1S/C36H39BrClN3O6S/c1-5-25(2)39-36(43)32(21-26-10-7-6-8-11-26)40(23-27-12-9-13-28(37)20-27)35(42)24-41(30-16-14-29(38)15-17-30)48(44,45)31-18-19-33(46-3)34(22-31)47-4/h6-20,22,25,32H,5,21,23-24H2,1-4H3,(H,39,43)/t25-,32-/m1/s1. The van der Waals surface area contributed by atoms with Crippen LogP contribution in [0.1, 0.15) is 31.4 Å². The van der Waals surface area contributed by atoms with E-state index in [0.717, 1.165) is 19.9 Å². The van der Waals surface area contributed by atoms with E-state index in [4.69, 9.17) is 21.1 Å². The summed E-state index contributed by atoms with van der Waals surface area (Å²) in [5.41, 5.74) is 1.82. The average molecular weight is 757 g/mol. The van der Waals surface area contributed by atoms with Gasteiger partial charge < -0.3 is 19.7 Å². The molecular formula is C36H39BrClN3O6S. The van der Waals surface area contributed by atoms with Crippen molar-refractivity contribution in [3.63, 3.8) is 0 Å². The molecule has 2 amide bonds. The number of sulfonamides is 1. The Kier molecular flexibility index (Phi) is 12.9. The molecule has 0 spiro atoms. The van der Waals surface area contributed by atoms with Gasteiger partial charge in [-0.05, 0) is 73.0 Å². The zero-order valence-corrected chi connectivity index (χ0v) is 30.4.